The lowest BCUT2D eigenvalue weighted by Crippen LogP contribution is -2.49. The molecule has 10 heteroatoms. The Balaban J connectivity index is 1.68. The van der Waals surface area contributed by atoms with Crippen LogP contribution < -0.4 is 5.32 Å². The van der Waals surface area contributed by atoms with Crippen LogP contribution in [-0.4, -0.2) is 59.1 Å². The van der Waals surface area contributed by atoms with Crippen molar-refractivity contribution >= 4 is 38.7 Å². The average Bonchev–Trinajstić information content (AvgIpc) is 2.91. The van der Waals surface area contributed by atoms with Gasteiger partial charge in [0.05, 0.1) is 11.6 Å². The Bertz CT molecular complexity index is 1050. The number of rotatable bonds is 5. The molecule has 1 N–H and O–H groups in total. The maximum Gasteiger partial charge on any atom is 0.243 e. The van der Waals surface area contributed by atoms with Crippen molar-refractivity contribution < 1.29 is 8.42 Å². The van der Waals surface area contributed by atoms with Gasteiger partial charge in [-0.15, -0.1) is 5.10 Å². The second-order valence-electron chi connectivity index (χ2n) is 8.94. The number of benzene rings is 1. The van der Waals surface area contributed by atoms with E-state index in [-0.39, 0.29) is 5.54 Å². The van der Waals surface area contributed by atoms with E-state index in [1.54, 1.807) is 4.31 Å². The summed E-state index contributed by atoms with van der Waals surface area (Å²) in [7, 11) is -3.51. The van der Waals surface area contributed by atoms with Crippen molar-refractivity contribution in [2.45, 2.75) is 58.6 Å². The summed E-state index contributed by atoms with van der Waals surface area (Å²) in [4.78, 5) is 2.64. The first-order valence-electron chi connectivity index (χ1n) is 10.0. The summed E-state index contributed by atoms with van der Waals surface area (Å²) in [6, 6.07) is 3.87. The van der Waals surface area contributed by atoms with Crippen LogP contribution in [0.1, 0.15) is 37.5 Å². The maximum atomic E-state index is 13.3. The van der Waals surface area contributed by atoms with Gasteiger partial charge in [0.1, 0.15) is 0 Å². The number of aromatic nitrogens is 2. The van der Waals surface area contributed by atoms with Crippen LogP contribution in [0.25, 0.3) is 0 Å². The molecule has 0 aliphatic carbocycles. The quantitative estimate of drug-likeness (QED) is 0.672. The second kappa shape index (κ2) is 8.66. The van der Waals surface area contributed by atoms with E-state index in [0.29, 0.717) is 41.7 Å². The van der Waals surface area contributed by atoms with Gasteiger partial charge in [0.15, 0.2) is 3.95 Å². The van der Waals surface area contributed by atoms with Gasteiger partial charge in [-0.1, -0.05) is 29.0 Å². The smallest absolute Gasteiger partial charge is 0.243 e. The molecule has 2 heterocycles. The first-order valence-corrected chi connectivity index (χ1v) is 12.7. The third kappa shape index (κ3) is 5.28. The predicted octanol–water partition coefficient (Wildman–Crippen LogP) is 3.77. The Labute approximate surface area is 188 Å². The summed E-state index contributed by atoms with van der Waals surface area (Å²) >= 11 is 6.92. The highest BCUT2D eigenvalue weighted by Gasteiger charge is 2.31. The molecule has 1 fully saturated rings. The lowest BCUT2D eigenvalue weighted by Gasteiger charge is -2.34. The summed E-state index contributed by atoms with van der Waals surface area (Å²) < 4.78 is 30.6. The van der Waals surface area contributed by atoms with Crippen LogP contribution in [0.2, 0.25) is 0 Å². The minimum atomic E-state index is -3.51. The van der Waals surface area contributed by atoms with E-state index in [4.69, 9.17) is 12.2 Å². The molecule has 1 aliphatic rings. The molecule has 2 aromatic rings. The maximum absolute atomic E-state index is 13.3. The average molecular weight is 470 g/mol. The number of hydrogen-bond donors (Lipinski definition) is 1. The SMILES string of the molecule is Cc1cc(C)c(S(=O)(=O)N2CCN(Cn3nc(NC(C)(C)C)sc3=S)CC2)c(C)c1. The minimum absolute atomic E-state index is 0.0797. The molecule has 1 aromatic carbocycles. The van der Waals surface area contributed by atoms with Gasteiger partial charge in [0.25, 0.3) is 0 Å². The third-order valence-electron chi connectivity index (χ3n) is 4.96. The predicted molar refractivity (Wildman–Crippen MR) is 125 cm³/mol. The van der Waals surface area contributed by atoms with Gasteiger partial charge >= 0.3 is 0 Å². The zero-order valence-corrected chi connectivity index (χ0v) is 21.0. The molecule has 0 amide bonds. The largest absolute Gasteiger partial charge is 0.356 e. The first-order chi connectivity index (χ1) is 13.9. The van der Waals surface area contributed by atoms with Gasteiger partial charge in [0.2, 0.25) is 15.2 Å². The third-order valence-corrected chi connectivity index (χ3v) is 8.38. The molecule has 0 bridgehead atoms. The summed E-state index contributed by atoms with van der Waals surface area (Å²) in [5, 5.41) is 8.74. The monoisotopic (exact) mass is 469 g/mol. The normalized spacial score (nSPS) is 16.7. The van der Waals surface area contributed by atoms with Gasteiger partial charge in [-0.3, -0.25) is 4.90 Å². The fourth-order valence-electron chi connectivity index (χ4n) is 3.77. The van der Waals surface area contributed by atoms with Gasteiger partial charge in [-0.05, 0) is 64.9 Å². The van der Waals surface area contributed by atoms with E-state index in [2.05, 4.69) is 36.1 Å². The highest BCUT2D eigenvalue weighted by atomic mass is 32.2. The second-order valence-corrected chi connectivity index (χ2v) is 12.4. The van der Waals surface area contributed by atoms with Crippen molar-refractivity contribution in [3.05, 3.63) is 32.8 Å². The number of hydrogen-bond acceptors (Lipinski definition) is 7. The van der Waals surface area contributed by atoms with Crippen LogP contribution in [0, 0.1) is 24.7 Å². The van der Waals surface area contributed by atoms with Crippen molar-refractivity contribution in [2.24, 2.45) is 0 Å². The fourth-order valence-corrected chi connectivity index (χ4v) is 6.81. The zero-order valence-electron chi connectivity index (χ0n) is 18.5. The van der Waals surface area contributed by atoms with Crippen LogP contribution in [-0.2, 0) is 16.7 Å². The van der Waals surface area contributed by atoms with Crippen molar-refractivity contribution in [3.63, 3.8) is 0 Å². The van der Waals surface area contributed by atoms with Crippen LogP contribution in [0.3, 0.4) is 0 Å². The highest BCUT2D eigenvalue weighted by molar-refractivity contribution is 7.89. The van der Waals surface area contributed by atoms with Crippen molar-refractivity contribution in [3.8, 4) is 0 Å². The molecule has 1 aromatic heterocycles. The number of nitrogens with one attached hydrogen (secondary N) is 1. The van der Waals surface area contributed by atoms with Crippen LogP contribution >= 0.6 is 23.6 Å². The Hall–Kier alpha value is -1.33. The topological polar surface area (TPSA) is 70.5 Å². The zero-order chi connectivity index (χ0) is 22.3. The Morgan fingerprint density at radius 1 is 1.10 bits per heavy atom. The van der Waals surface area contributed by atoms with Gasteiger partial charge in [-0.2, -0.15) is 4.31 Å². The summed E-state index contributed by atoms with van der Waals surface area (Å²) in [5.74, 6) is 0. The summed E-state index contributed by atoms with van der Waals surface area (Å²) in [6.07, 6.45) is 0. The summed E-state index contributed by atoms with van der Waals surface area (Å²) in [5.41, 5.74) is 2.61. The summed E-state index contributed by atoms with van der Waals surface area (Å²) in [6.45, 7) is 14.7. The van der Waals surface area contributed by atoms with Crippen molar-refractivity contribution in [2.75, 3.05) is 31.5 Å². The van der Waals surface area contributed by atoms with Gasteiger partial charge in [-0.25, -0.2) is 13.1 Å². The van der Waals surface area contributed by atoms with Crippen LogP contribution in [0.4, 0.5) is 5.13 Å². The molecule has 1 aliphatic heterocycles. The van der Waals surface area contributed by atoms with E-state index in [1.165, 1.54) is 11.3 Å². The molecular formula is C20H31N5O2S3. The van der Waals surface area contributed by atoms with E-state index in [0.717, 1.165) is 21.8 Å². The molecule has 0 unspecified atom stereocenters. The number of piperazine rings is 1. The number of sulfonamides is 1. The molecular weight excluding hydrogens is 438 g/mol. The number of nitrogens with zero attached hydrogens (tertiary/aromatic N) is 4. The molecule has 166 valence electrons. The Morgan fingerprint density at radius 2 is 1.67 bits per heavy atom. The van der Waals surface area contributed by atoms with Crippen molar-refractivity contribution in [1.29, 1.82) is 0 Å². The molecule has 7 nitrogen and oxygen atoms in total. The van der Waals surface area contributed by atoms with Crippen LogP contribution in [0.5, 0.6) is 0 Å². The molecule has 0 atom stereocenters. The molecule has 3 rings (SSSR count). The van der Waals surface area contributed by atoms with E-state index in [1.807, 2.05) is 37.6 Å². The molecule has 0 saturated carbocycles. The Kier molecular flexibility index (Phi) is 6.74. The minimum Gasteiger partial charge on any atom is -0.356 e. The molecule has 0 spiro atoms. The Morgan fingerprint density at radius 3 is 2.20 bits per heavy atom. The lowest BCUT2D eigenvalue weighted by atomic mass is 10.1. The van der Waals surface area contributed by atoms with E-state index in [9.17, 15) is 8.42 Å². The number of aryl methyl sites for hydroxylation is 3. The van der Waals surface area contributed by atoms with E-state index >= 15 is 0 Å². The molecule has 30 heavy (non-hydrogen) atoms. The lowest BCUT2D eigenvalue weighted by molar-refractivity contribution is 0.145. The molecule has 1 saturated heterocycles. The first kappa shape index (κ1) is 23.3. The highest BCUT2D eigenvalue weighted by Crippen LogP contribution is 2.26. The number of anilines is 1. The van der Waals surface area contributed by atoms with Crippen LogP contribution in [0.15, 0.2) is 17.0 Å². The standard InChI is InChI=1S/C20H31N5O2S3/c1-14-11-15(2)17(16(3)12-14)30(26,27)24-9-7-23(8-10-24)13-25-19(28)29-18(22-25)21-20(4,5)6/h11-12H,7-10,13H2,1-6H3,(H,21,22). The van der Waals surface area contributed by atoms with Crippen molar-refractivity contribution in [1.82, 2.24) is 19.0 Å². The van der Waals surface area contributed by atoms with Gasteiger partial charge in [0, 0.05) is 31.7 Å². The molecule has 0 radical (unpaired) electrons. The van der Waals surface area contributed by atoms with Gasteiger partial charge < -0.3 is 5.32 Å². The fraction of sp³-hybridized carbons (Fsp3) is 0.600. The van der Waals surface area contributed by atoms with E-state index < -0.39 is 10.0 Å².